The van der Waals surface area contributed by atoms with Crippen molar-refractivity contribution in [1.82, 2.24) is 0 Å². The van der Waals surface area contributed by atoms with Crippen molar-refractivity contribution in [2.24, 2.45) is 0 Å². The molecule has 3 aromatic rings. The second-order valence-electron chi connectivity index (χ2n) is 5.65. The molecular formula is C21H20O3. The van der Waals surface area contributed by atoms with E-state index in [1.54, 1.807) is 24.3 Å². The largest absolute Gasteiger partial charge is 0.489 e. The highest BCUT2D eigenvalue weighted by atomic mass is 16.5. The van der Waals surface area contributed by atoms with E-state index in [4.69, 9.17) is 4.74 Å². The summed E-state index contributed by atoms with van der Waals surface area (Å²) in [5.74, 6) is 0.663. The van der Waals surface area contributed by atoms with E-state index >= 15 is 0 Å². The molecule has 2 N–H and O–H groups in total. The number of hydrogen-bond donors (Lipinski definition) is 2. The lowest BCUT2D eigenvalue weighted by atomic mass is 9.98. The number of aliphatic hydroxyl groups is 2. The van der Waals surface area contributed by atoms with Gasteiger partial charge in [-0.2, -0.15) is 0 Å². The molecular weight excluding hydrogens is 300 g/mol. The van der Waals surface area contributed by atoms with Gasteiger partial charge in [-0.25, -0.2) is 0 Å². The first kappa shape index (κ1) is 16.2. The van der Waals surface area contributed by atoms with Crippen LogP contribution in [0.2, 0.25) is 0 Å². The van der Waals surface area contributed by atoms with E-state index in [0.29, 0.717) is 23.5 Å². The van der Waals surface area contributed by atoms with Crippen molar-refractivity contribution < 1.29 is 14.9 Å². The normalized spacial score (nSPS) is 13.2. The van der Waals surface area contributed by atoms with Gasteiger partial charge in [0, 0.05) is 0 Å². The zero-order valence-electron chi connectivity index (χ0n) is 13.2. The van der Waals surface area contributed by atoms with Crippen molar-refractivity contribution in [3.05, 3.63) is 102 Å². The summed E-state index contributed by atoms with van der Waals surface area (Å²) in [6, 6.07) is 26.2. The quantitative estimate of drug-likeness (QED) is 0.721. The minimum absolute atomic E-state index is 0.460. The molecule has 0 saturated heterocycles. The third-order valence-electron chi connectivity index (χ3n) is 3.89. The average Bonchev–Trinajstić information content (AvgIpc) is 2.67. The van der Waals surface area contributed by atoms with Gasteiger partial charge in [-0.05, 0) is 28.8 Å². The zero-order chi connectivity index (χ0) is 16.8. The van der Waals surface area contributed by atoms with Crippen LogP contribution in [0.3, 0.4) is 0 Å². The Bertz CT molecular complexity index is 756. The van der Waals surface area contributed by atoms with Crippen molar-refractivity contribution in [3.63, 3.8) is 0 Å². The van der Waals surface area contributed by atoms with Crippen molar-refractivity contribution in [2.45, 2.75) is 18.8 Å². The van der Waals surface area contributed by atoms with Crippen molar-refractivity contribution in [3.8, 4) is 5.75 Å². The molecule has 0 amide bonds. The Morgan fingerprint density at radius 1 is 0.667 bits per heavy atom. The van der Waals surface area contributed by atoms with E-state index in [9.17, 15) is 10.2 Å². The molecule has 3 rings (SSSR count). The van der Waals surface area contributed by atoms with E-state index in [0.717, 1.165) is 5.56 Å². The lowest BCUT2D eigenvalue weighted by Crippen LogP contribution is -2.10. The molecule has 0 spiro atoms. The highest BCUT2D eigenvalue weighted by molar-refractivity contribution is 5.32. The van der Waals surface area contributed by atoms with Gasteiger partial charge in [-0.1, -0.05) is 72.8 Å². The molecule has 2 atom stereocenters. The van der Waals surface area contributed by atoms with E-state index in [-0.39, 0.29) is 0 Å². The van der Waals surface area contributed by atoms with Gasteiger partial charge in [0.05, 0.1) is 0 Å². The van der Waals surface area contributed by atoms with Crippen LogP contribution >= 0.6 is 0 Å². The predicted octanol–water partition coefficient (Wildman–Crippen LogP) is 4.03. The minimum Gasteiger partial charge on any atom is -0.489 e. The lowest BCUT2D eigenvalue weighted by molar-refractivity contribution is 0.0171. The fourth-order valence-electron chi connectivity index (χ4n) is 2.54. The molecule has 122 valence electrons. The second kappa shape index (κ2) is 7.77. The van der Waals surface area contributed by atoms with E-state index in [2.05, 4.69) is 0 Å². The van der Waals surface area contributed by atoms with Crippen LogP contribution in [0.1, 0.15) is 28.9 Å². The van der Waals surface area contributed by atoms with Gasteiger partial charge in [0.1, 0.15) is 24.6 Å². The molecule has 0 aliphatic heterocycles. The van der Waals surface area contributed by atoms with Crippen LogP contribution < -0.4 is 4.74 Å². The maximum atomic E-state index is 10.4. The summed E-state index contributed by atoms with van der Waals surface area (Å²) < 4.78 is 5.78. The molecule has 0 bridgehead atoms. The Kier molecular flexibility index (Phi) is 5.26. The molecule has 0 aliphatic rings. The first-order chi connectivity index (χ1) is 11.7. The highest BCUT2D eigenvalue weighted by Gasteiger charge is 2.20. The molecule has 0 saturated carbocycles. The average molecular weight is 320 g/mol. The number of rotatable bonds is 6. The van der Waals surface area contributed by atoms with Crippen LogP contribution in [0, 0.1) is 0 Å². The number of ether oxygens (including phenoxy) is 1. The first-order valence-corrected chi connectivity index (χ1v) is 7.92. The monoisotopic (exact) mass is 320 g/mol. The Balaban J connectivity index is 1.70. The SMILES string of the molecule is OC(c1ccccc1)C(O)c1cccc(OCc2ccccc2)c1. The van der Waals surface area contributed by atoms with Gasteiger partial charge in [0.25, 0.3) is 0 Å². The highest BCUT2D eigenvalue weighted by Crippen LogP contribution is 2.30. The summed E-state index contributed by atoms with van der Waals surface area (Å²) >= 11 is 0. The topological polar surface area (TPSA) is 49.7 Å². The van der Waals surface area contributed by atoms with Crippen LogP contribution in [0.15, 0.2) is 84.9 Å². The summed E-state index contributed by atoms with van der Waals surface area (Å²) in [5.41, 5.74) is 2.38. The van der Waals surface area contributed by atoms with Crippen LogP contribution in [0.5, 0.6) is 5.75 Å². The summed E-state index contributed by atoms with van der Waals surface area (Å²) in [6.07, 6.45) is -1.98. The first-order valence-electron chi connectivity index (χ1n) is 7.92. The number of aliphatic hydroxyl groups excluding tert-OH is 2. The molecule has 0 aromatic heterocycles. The van der Waals surface area contributed by atoms with Gasteiger partial charge < -0.3 is 14.9 Å². The molecule has 3 nitrogen and oxygen atoms in total. The van der Waals surface area contributed by atoms with Crippen molar-refractivity contribution in [1.29, 1.82) is 0 Å². The maximum Gasteiger partial charge on any atom is 0.120 e. The Hall–Kier alpha value is -2.62. The summed E-state index contributed by atoms with van der Waals surface area (Å²) in [7, 11) is 0. The number of hydrogen-bond acceptors (Lipinski definition) is 3. The van der Waals surface area contributed by atoms with Crippen LogP contribution in [-0.2, 0) is 6.61 Å². The molecule has 2 unspecified atom stereocenters. The van der Waals surface area contributed by atoms with E-state index < -0.39 is 12.2 Å². The Morgan fingerprint density at radius 3 is 1.96 bits per heavy atom. The van der Waals surface area contributed by atoms with E-state index in [1.165, 1.54) is 0 Å². The van der Waals surface area contributed by atoms with E-state index in [1.807, 2.05) is 60.7 Å². The maximum absolute atomic E-state index is 10.4. The summed E-state index contributed by atoms with van der Waals surface area (Å²) in [5, 5.41) is 20.8. The van der Waals surface area contributed by atoms with Crippen LogP contribution in [0.25, 0.3) is 0 Å². The molecule has 24 heavy (non-hydrogen) atoms. The predicted molar refractivity (Wildman–Crippen MR) is 93.6 cm³/mol. The van der Waals surface area contributed by atoms with Gasteiger partial charge in [-0.15, -0.1) is 0 Å². The molecule has 3 aromatic carbocycles. The van der Waals surface area contributed by atoms with Gasteiger partial charge in [0.2, 0.25) is 0 Å². The Morgan fingerprint density at radius 2 is 1.25 bits per heavy atom. The van der Waals surface area contributed by atoms with Crippen LogP contribution in [-0.4, -0.2) is 10.2 Å². The fraction of sp³-hybridized carbons (Fsp3) is 0.143. The molecule has 0 radical (unpaired) electrons. The van der Waals surface area contributed by atoms with Gasteiger partial charge >= 0.3 is 0 Å². The van der Waals surface area contributed by atoms with Gasteiger partial charge in [0.15, 0.2) is 0 Å². The Labute approximate surface area is 141 Å². The molecule has 0 fully saturated rings. The molecule has 0 heterocycles. The fourth-order valence-corrected chi connectivity index (χ4v) is 2.54. The van der Waals surface area contributed by atoms with Crippen molar-refractivity contribution in [2.75, 3.05) is 0 Å². The lowest BCUT2D eigenvalue weighted by Gasteiger charge is -2.19. The number of benzene rings is 3. The minimum atomic E-state index is -1.01. The standard InChI is InChI=1S/C21H20O3/c22-20(17-10-5-2-6-11-17)21(23)18-12-7-13-19(14-18)24-15-16-8-3-1-4-9-16/h1-14,20-23H,15H2. The zero-order valence-corrected chi connectivity index (χ0v) is 13.2. The smallest absolute Gasteiger partial charge is 0.120 e. The van der Waals surface area contributed by atoms with Gasteiger partial charge in [-0.3, -0.25) is 0 Å². The molecule has 0 aliphatic carbocycles. The molecule has 3 heteroatoms. The summed E-state index contributed by atoms with van der Waals surface area (Å²) in [6.45, 7) is 0.460. The van der Waals surface area contributed by atoms with Crippen molar-refractivity contribution >= 4 is 0 Å². The third-order valence-corrected chi connectivity index (χ3v) is 3.89. The second-order valence-corrected chi connectivity index (χ2v) is 5.65. The van der Waals surface area contributed by atoms with Crippen LogP contribution in [0.4, 0.5) is 0 Å². The summed E-state index contributed by atoms with van der Waals surface area (Å²) in [4.78, 5) is 0. The third kappa shape index (κ3) is 4.02.